The second-order valence-corrected chi connectivity index (χ2v) is 5.92. The molecule has 1 heterocycles. The van der Waals surface area contributed by atoms with Crippen LogP contribution in [0.15, 0.2) is 58.2 Å². The summed E-state index contributed by atoms with van der Waals surface area (Å²) < 4.78 is 1.13. The zero-order chi connectivity index (χ0) is 12.6. The Morgan fingerprint density at radius 1 is 1.17 bits per heavy atom. The fraction of sp³-hybridized carbons (Fsp3) is 0.214. The Morgan fingerprint density at radius 2 is 2.00 bits per heavy atom. The average molecular weight is 323 g/mol. The lowest BCUT2D eigenvalue weighted by Crippen LogP contribution is -2.16. The van der Waals surface area contributed by atoms with Gasteiger partial charge in [-0.15, -0.1) is 11.8 Å². The highest BCUT2D eigenvalue weighted by Crippen LogP contribution is 2.19. The topological polar surface area (TPSA) is 24.9 Å². The molecule has 0 aliphatic heterocycles. The van der Waals surface area contributed by atoms with E-state index in [1.807, 2.05) is 24.0 Å². The Bertz CT molecular complexity index is 459. The first-order chi connectivity index (χ1) is 8.84. The average Bonchev–Trinajstić information content (AvgIpc) is 2.42. The summed E-state index contributed by atoms with van der Waals surface area (Å²) in [4.78, 5) is 5.40. The number of rotatable bonds is 6. The number of aromatic nitrogens is 1. The van der Waals surface area contributed by atoms with Crippen molar-refractivity contribution in [1.29, 1.82) is 0 Å². The van der Waals surface area contributed by atoms with Crippen LogP contribution in [0, 0.1) is 0 Å². The normalized spacial score (nSPS) is 10.5. The van der Waals surface area contributed by atoms with Crippen molar-refractivity contribution in [2.24, 2.45) is 0 Å². The molecule has 0 amide bonds. The summed E-state index contributed by atoms with van der Waals surface area (Å²) in [5.41, 5.74) is 1.23. The predicted molar refractivity (Wildman–Crippen MR) is 80.8 cm³/mol. The molecule has 1 aromatic carbocycles. The summed E-state index contributed by atoms with van der Waals surface area (Å²) in [5.74, 6) is 1.07. The van der Waals surface area contributed by atoms with Crippen LogP contribution in [0.5, 0.6) is 0 Å². The molecule has 1 N–H and O–H groups in total. The third-order valence-corrected chi connectivity index (χ3v) is 3.96. The zero-order valence-electron chi connectivity index (χ0n) is 9.97. The van der Waals surface area contributed by atoms with Crippen molar-refractivity contribution in [3.8, 4) is 0 Å². The number of nitrogens with one attached hydrogen (secondary N) is 1. The number of halogens is 1. The number of nitrogens with zero attached hydrogens (tertiary/aromatic N) is 1. The molecule has 2 nitrogen and oxygen atoms in total. The van der Waals surface area contributed by atoms with Crippen LogP contribution in [0.4, 0.5) is 0 Å². The van der Waals surface area contributed by atoms with Crippen molar-refractivity contribution in [2.75, 3.05) is 12.3 Å². The molecule has 2 rings (SSSR count). The lowest BCUT2D eigenvalue weighted by atomic mass is 10.3. The van der Waals surface area contributed by atoms with Crippen LogP contribution in [0.3, 0.4) is 0 Å². The summed E-state index contributed by atoms with van der Waals surface area (Å²) >= 11 is 5.30. The molecule has 0 fully saturated rings. The maximum atomic E-state index is 4.09. The van der Waals surface area contributed by atoms with E-state index in [0.29, 0.717) is 0 Å². The van der Waals surface area contributed by atoms with Crippen LogP contribution in [0.2, 0.25) is 0 Å². The third-order valence-electron chi connectivity index (χ3n) is 2.41. The van der Waals surface area contributed by atoms with Crippen molar-refractivity contribution in [2.45, 2.75) is 11.4 Å². The van der Waals surface area contributed by atoms with E-state index in [1.165, 1.54) is 10.5 Å². The lowest BCUT2D eigenvalue weighted by molar-refractivity contribution is 0.729. The highest BCUT2D eigenvalue weighted by atomic mass is 79.9. The van der Waals surface area contributed by atoms with Gasteiger partial charge in [0.05, 0.1) is 0 Å². The molecular weight excluding hydrogens is 308 g/mol. The largest absolute Gasteiger partial charge is 0.312 e. The fourth-order valence-electron chi connectivity index (χ4n) is 1.51. The Labute approximate surface area is 120 Å². The highest BCUT2D eigenvalue weighted by Gasteiger charge is 1.95. The number of thioether (sulfide) groups is 1. The molecule has 0 bridgehead atoms. The minimum absolute atomic E-state index is 0.884. The van der Waals surface area contributed by atoms with Crippen molar-refractivity contribution in [3.05, 3.63) is 58.8 Å². The van der Waals surface area contributed by atoms with Gasteiger partial charge < -0.3 is 5.32 Å². The first-order valence-electron chi connectivity index (χ1n) is 5.82. The molecule has 0 atom stereocenters. The first-order valence-corrected chi connectivity index (χ1v) is 7.60. The smallest absolute Gasteiger partial charge is 0.0312 e. The van der Waals surface area contributed by atoms with E-state index in [4.69, 9.17) is 0 Å². The van der Waals surface area contributed by atoms with Crippen molar-refractivity contribution < 1.29 is 0 Å². The van der Waals surface area contributed by atoms with Gasteiger partial charge >= 0.3 is 0 Å². The van der Waals surface area contributed by atoms with E-state index in [0.717, 1.165) is 23.3 Å². The Hall–Kier alpha value is -0.840. The molecule has 4 heteroatoms. The van der Waals surface area contributed by atoms with Crippen molar-refractivity contribution >= 4 is 27.7 Å². The third kappa shape index (κ3) is 4.80. The summed E-state index contributed by atoms with van der Waals surface area (Å²) in [5, 5.41) is 3.41. The molecule has 0 saturated heterocycles. The van der Waals surface area contributed by atoms with Crippen molar-refractivity contribution in [3.63, 3.8) is 0 Å². The molecule has 94 valence electrons. The monoisotopic (exact) mass is 322 g/mol. The van der Waals surface area contributed by atoms with Gasteiger partial charge in [-0.1, -0.05) is 22.0 Å². The number of benzene rings is 1. The maximum Gasteiger partial charge on any atom is 0.0312 e. The molecule has 0 spiro atoms. The lowest BCUT2D eigenvalue weighted by Gasteiger charge is -2.04. The van der Waals surface area contributed by atoms with Gasteiger partial charge in [0, 0.05) is 40.6 Å². The van der Waals surface area contributed by atoms with Crippen LogP contribution < -0.4 is 5.32 Å². The molecule has 1 aromatic heterocycles. The van der Waals surface area contributed by atoms with Crippen molar-refractivity contribution in [1.82, 2.24) is 10.3 Å². The van der Waals surface area contributed by atoms with Crippen LogP contribution in [-0.2, 0) is 6.54 Å². The van der Waals surface area contributed by atoms with Gasteiger partial charge in [-0.05, 0) is 35.9 Å². The van der Waals surface area contributed by atoms with Gasteiger partial charge in [-0.25, -0.2) is 0 Å². The van der Waals surface area contributed by atoms with Crippen LogP contribution in [-0.4, -0.2) is 17.3 Å². The molecule has 0 unspecified atom stereocenters. The molecule has 0 saturated carbocycles. The number of hydrogen-bond donors (Lipinski definition) is 1. The van der Waals surface area contributed by atoms with Crippen LogP contribution in [0.25, 0.3) is 0 Å². The quantitative estimate of drug-likeness (QED) is 0.648. The number of pyridine rings is 1. The summed E-state index contributed by atoms with van der Waals surface area (Å²) in [6.07, 6.45) is 3.70. The molecule has 0 aliphatic carbocycles. The standard InChI is InChI=1S/C14H15BrN2S/c15-13-3-5-14(6-4-13)18-9-8-17-11-12-2-1-7-16-10-12/h1-7,10,17H,8-9,11H2. The Morgan fingerprint density at radius 3 is 2.72 bits per heavy atom. The van der Waals surface area contributed by atoms with Gasteiger partial charge in [-0.2, -0.15) is 0 Å². The molecule has 0 radical (unpaired) electrons. The molecule has 2 aromatic rings. The Balaban J connectivity index is 1.63. The molecule has 0 aliphatic rings. The summed E-state index contributed by atoms with van der Waals surface area (Å²) in [6.45, 7) is 1.88. The van der Waals surface area contributed by atoms with E-state index < -0.39 is 0 Å². The van der Waals surface area contributed by atoms with E-state index in [2.05, 4.69) is 56.6 Å². The minimum Gasteiger partial charge on any atom is -0.312 e. The second kappa shape index (κ2) is 7.56. The van der Waals surface area contributed by atoms with Gasteiger partial charge in [0.25, 0.3) is 0 Å². The van der Waals surface area contributed by atoms with Crippen LogP contribution in [0.1, 0.15) is 5.56 Å². The van der Waals surface area contributed by atoms with Crippen LogP contribution >= 0.6 is 27.7 Å². The van der Waals surface area contributed by atoms with E-state index >= 15 is 0 Å². The van der Waals surface area contributed by atoms with Gasteiger partial charge in [0.1, 0.15) is 0 Å². The fourth-order valence-corrected chi connectivity index (χ4v) is 2.58. The minimum atomic E-state index is 0.884. The number of hydrogen-bond acceptors (Lipinski definition) is 3. The summed E-state index contributed by atoms with van der Waals surface area (Å²) in [7, 11) is 0. The maximum absolute atomic E-state index is 4.09. The highest BCUT2D eigenvalue weighted by molar-refractivity contribution is 9.10. The zero-order valence-corrected chi connectivity index (χ0v) is 12.4. The molecule has 18 heavy (non-hydrogen) atoms. The first kappa shape index (κ1) is 13.6. The predicted octanol–water partition coefficient (Wildman–Crippen LogP) is 3.73. The SMILES string of the molecule is Brc1ccc(SCCNCc2cccnc2)cc1. The summed E-state index contributed by atoms with van der Waals surface area (Å²) in [6, 6.07) is 12.5. The second-order valence-electron chi connectivity index (χ2n) is 3.84. The molecular formula is C14H15BrN2S. The van der Waals surface area contributed by atoms with Gasteiger partial charge in [0.15, 0.2) is 0 Å². The van der Waals surface area contributed by atoms with Gasteiger partial charge in [0.2, 0.25) is 0 Å². The van der Waals surface area contributed by atoms with E-state index in [9.17, 15) is 0 Å². The van der Waals surface area contributed by atoms with E-state index in [1.54, 1.807) is 6.20 Å². The van der Waals surface area contributed by atoms with Gasteiger partial charge in [-0.3, -0.25) is 4.98 Å². The Kier molecular flexibility index (Phi) is 5.71. The van der Waals surface area contributed by atoms with E-state index in [-0.39, 0.29) is 0 Å².